The fraction of sp³-hybridized carbons (Fsp3) is 0.700. The van der Waals surface area contributed by atoms with E-state index in [9.17, 15) is 5.11 Å². The van der Waals surface area contributed by atoms with Crippen molar-refractivity contribution in [1.29, 1.82) is 0 Å². The van der Waals surface area contributed by atoms with Gasteiger partial charge in [-0.3, -0.25) is 0 Å². The van der Waals surface area contributed by atoms with E-state index in [0.717, 1.165) is 6.61 Å². The molecule has 5 atom stereocenters. The molecule has 0 amide bonds. The van der Waals surface area contributed by atoms with Gasteiger partial charge in [0.1, 0.15) is 0 Å². The van der Waals surface area contributed by atoms with Crippen LogP contribution >= 0.6 is 0 Å². The van der Waals surface area contributed by atoms with Crippen LogP contribution in [0.15, 0.2) is 30.3 Å². The molecule has 3 rings (SSSR count). The predicted molar refractivity (Wildman–Crippen MR) is 89.4 cm³/mol. The molecule has 2 fully saturated rings. The molecule has 122 valence electrons. The Morgan fingerprint density at radius 2 is 2.00 bits per heavy atom. The molecule has 0 aliphatic heterocycles. The number of rotatable bonds is 5. The van der Waals surface area contributed by atoms with Crippen molar-refractivity contribution in [3.8, 4) is 0 Å². The Kier molecular flexibility index (Phi) is 4.89. The zero-order chi connectivity index (χ0) is 15.6. The predicted octanol–water partition coefficient (Wildman–Crippen LogP) is 4.42. The summed E-state index contributed by atoms with van der Waals surface area (Å²) in [6, 6.07) is 10.5. The van der Waals surface area contributed by atoms with E-state index in [1.54, 1.807) is 0 Å². The molecule has 2 aliphatic rings. The molecule has 1 aromatic carbocycles. The average Bonchev–Trinajstić information content (AvgIpc) is 2.90. The monoisotopic (exact) mass is 302 g/mol. The van der Waals surface area contributed by atoms with E-state index in [1.165, 1.54) is 37.7 Å². The Labute approximate surface area is 134 Å². The first-order valence-corrected chi connectivity index (χ1v) is 8.91. The largest absolute Gasteiger partial charge is 0.396 e. The van der Waals surface area contributed by atoms with Crippen LogP contribution in [0.2, 0.25) is 0 Å². The molecule has 22 heavy (non-hydrogen) atoms. The summed E-state index contributed by atoms with van der Waals surface area (Å²) in [4.78, 5) is 0. The molecule has 0 spiro atoms. The van der Waals surface area contributed by atoms with Crippen molar-refractivity contribution in [3.63, 3.8) is 0 Å². The van der Waals surface area contributed by atoms with Crippen LogP contribution in [0.5, 0.6) is 0 Å². The summed E-state index contributed by atoms with van der Waals surface area (Å²) < 4.78 is 6.35. The third-order valence-electron chi connectivity index (χ3n) is 6.42. The average molecular weight is 302 g/mol. The third-order valence-corrected chi connectivity index (χ3v) is 6.42. The van der Waals surface area contributed by atoms with Crippen molar-refractivity contribution < 1.29 is 9.84 Å². The van der Waals surface area contributed by atoms with Crippen molar-refractivity contribution >= 4 is 0 Å². The lowest BCUT2D eigenvalue weighted by molar-refractivity contribution is -0.0783. The van der Waals surface area contributed by atoms with Crippen LogP contribution in [0.25, 0.3) is 0 Å². The van der Waals surface area contributed by atoms with E-state index in [1.807, 2.05) is 0 Å². The van der Waals surface area contributed by atoms with Gasteiger partial charge in [-0.25, -0.2) is 0 Å². The van der Waals surface area contributed by atoms with Gasteiger partial charge in [0, 0.05) is 6.61 Å². The van der Waals surface area contributed by atoms with Gasteiger partial charge in [0.2, 0.25) is 0 Å². The van der Waals surface area contributed by atoms with Crippen LogP contribution in [0.4, 0.5) is 0 Å². The van der Waals surface area contributed by atoms with Gasteiger partial charge < -0.3 is 9.84 Å². The molecule has 0 saturated heterocycles. The number of hydrogen-bond acceptors (Lipinski definition) is 2. The number of benzene rings is 1. The zero-order valence-electron chi connectivity index (χ0n) is 14.0. The van der Waals surface area contributed by atoms with Crippen molar-refractivity contribution in [3.05, 3.63) is 35.9 Å². The van der Waals surface area contributed by atoms with Crippen LogP contribution in [0.3, 0.4) is 0 Å². The van der Waals surface area contributed by atoms with Gasteiger partial charge >= 0.3 is 0 Å². The molecule has 0 unspecified atom stereocenters. The normalized spacial score (nSPS) is 36.0. The molecule has 2 heteroatoms. The zero-order valence-corrected chi connectivity index (χ0v) is 14.0. The highest BCUT2D eigenvalue weighted by atomic mass is 16.5. The Bertz CT molecular complexity index is 472. The summed E-state index contributed by atoms with van der Waals surface area (Å²) in [5, 5.41) is 9.59. The maximum Gasteiger partial charge on any atom is 0.0720 e. The van der Waals surface area contributed by atoms with Crippen LogP contribution < -0.4 is 0 Å². The minimum atomic E-state index is 0.322. The lowest BCUT2D eigenvalue weighted by Gasteiger charge is -2.46. The number of ether oxygens (including phenoxy) is 1. The minimum absolute atomic E-state index is 0.322. The van der Waals surface area contributed by atoms with Crippen molar-refractivity contribution in [2.75, 3.05) is 6.61 Å². The first kappa shape index (κ1) is 16.0. The van der Waals surface area contributed by atoms with Gasteiger partial charge in [-0.15, -0.1) is 0 Å². The second-order valence-corrected chi connectivity index (χ2v) is 7.68. The van der Waals surface area contributed by atoms with Gasteiger partial charge in [0.25, 0.3) is 0 Å². The smallest absolute Gasteiger partial charge is 0.0720 e. The Morgan fingerprint density at radius 3 is 2.73 bits per heavy atom. The van der Waals surface area contributed by atoms with Crippen LogP contribution in [-0.2, 0) is 11.3 Å². The maximum absolute atomic E-state index is 9.59. The standard InChI is InChI=1S/C20H30O2/c1-15(13-21)17-10-11-18-19(9-6-12-20(17,18)2)22-14-16-7-4-3-5-8-16/h3-5,7-8,15,17-19,21H,6,9-14H2,1-2H3/t15-,17-,18+,19+,20-/m0/s1. The van der Waals surface area contributed by atoms with Crippen molar-refractivity contribution in [2.24, 2.45) is 23.2 Å². The van der Waals surface area contributed by atoms with Gasteiger partial charge in [0.15, 0.2) is 0 Å². The highest BCUT2D eigenvalue weighted by molar-refractivity contribution is 5.13. The summed E-state index contributed by atoms with van der Waals surface area (Å²) in [5.41, 5.74) is 1.63. The number of fused-ring (bicyclic) bond motifs is 1. The molecule has 1 N–H and O–H groups in total. The van der Waals surface area contributed by atoms with E-state index >= 15 is 0 Å². The lowest BCUT2D eigenvalue weighted by Crippen LogP contribution is -2.43. The summed E-state index contributed by atoms with van der Waals surface area (Å²) >= 11 is 0. The maximum atomic E-state index is 9.59. The van der Waals surface area contributed by atoms with Gasteiger partial charge in [0.05, 0.1) is 12.7 Å². The topological polar surface area (TPSA) is 29.5 Å². The first-order chi connectivity index (χ1) is 10.6. The van der Waals surface area contributed by atoms with Gasteiger partial charge in [-0.05, 0) is 54.4 Å². The van der Waals surface area contributed by atoms with Crippen LogP contribution in [0.1, 0.15) is 51.5 Å². The SMILES string of the molecule is C[C@@H](CO)[C@@H]1CC[C@@H]2[C@H](OCc3ccccc3)CCC[C@]21C. The minimum Gasteiger partial charge on any atom is -0.396 e. The molecule has 2 nitrogen and oxygen atoms in total. The highest BCUT2D eigenvalue weighted by Crippen LogP contribution is 2.58. The number of aliphatic hydroxyl groups is 1. The molecule has 1 aromatic rings. The summed E-state index contributed by atoms with van der Waals surface area (Å²) in [6.45, 7) is 5.73. The second-order valence-electron chi connectivity index (χ2n) is 7.68. The highest BCUT2D eigenvalue weighted by Gasteiger charge is 2.52. The number of aliphatic hydroxyl groups excluding tert-OH is 1. The van der Waals surface area contributed by atoms with E-state index in [0.29, 0.717) is 35.9 Å². The fourth-order valence-corrected chi connectivity index (χ4v) is 5.20. The molecule has 2 saturated carbocycles. The van der Waals surface area contributed by atoms with Gasteiger partial charge in [-0.1, -0.05) is 50.6 Å². The van der Waals surface area contributed by atoms with E-state index in [2.05, 4.69) is 44.2 Å². The Hall–Kier alpha value is -0.860. The van der Waals surface area contributed by atoms with Crippen molar-refractivity contribution in [1.82, 2.24) is 0 Å². The van der Waals surface area contributed by atoms with Crippen LogP contribution in [-0.4, -0.2) is 17.8 Å². The third kappa shape index (κ3) is 2.96. The van der Waals surface area contributed by atoms with E-state index < -0.39 is 0 Å². The summed E-state index contributed by atoms with van der Waals surface area (Å²) in [5.74, 6) is 1.75. The summed E-state index contributed by atoms with van der Waals surface area (Å²) in [6.07, 6.45) is 6.69. The lowest BCUT2D eigenvalue weighted by atomic mass is 9.62. The molecule has 0 bridgehead atoms. The second kappa shape index (κ2) is 6.72. The van der Waals surface area contributed by atoms with E-state index in [-0.39, 0.29) is 0 Å². The van der Waals surface area contributed by atoms with Crippen LogP contribution in [0, 0.1) is 23.2 Å². The Morgan fingerprint density at radius 1 is 1.23 bits per heavy atom. The summed E-state index contributed by atoms with van der Waals surface area (Å²) in [7, 11) is 0. The molecular weight excluding hydrogens is 272 g/mol. The molecule has 0 aromatic heterocycles. The fourth-order valence-electron chi connectivity index (χ4n) is 5.20. The molecule has 0 radical (unpaired) electrons. The van der Waals surface area contributed by atoms with Crippen molar-refractivity contribution in [2.45, 2.75) is 58.7 Å². The van der Waals surface area contributed by atoms with Gasteiger partial charge in [-0.2, -0.15) is 0 Å². The Balaban J connectivity index is 1.67. The quantitative estimate of drug-likeness (QED) is 0.872. The van der Waals surface area contributed by atoms with E-state index in [4.69, 9.17) is 4.74 Å². The molecular formula is C20H30O2. The first-order valence-electron chi connectivity index (χ1n) is 8.91. The number of hydrogen-bond donors (Lipinski definition) is 1. The molecule has 0 heterocycles. The molecule has 2 aliphatic carbocycles.